The quantitative estimate of drug-likeness (QED) is 0.158. The van der Waals surface area contributed by atoms with Gasteiger partial charge in [0, 0.05) is 18.9 Å². The van der Waals surface area contributed by atoms with E-state index in [1.807, 2.05) is 43.3 Å². The Morgan fingerprint density at radius 2 is 1.53 bits per heavy atom. The predicted molar refractivity (Wildman–Crippen MR) is 162 cm³/mol. The molecule has 1 unspecified atom stereocenters. The Kier molecular flexibility index (Phi) is 15.3. The van der Waals surface area contributed by atoms with E-state index in [9.17, 15) is 24.0 Å². The lowest BCUT2D eigenvalue weighted by molar-refractivity contribution is -0.138. The van der Waals surface area contributed by atoms with Crippen molar-refractivity contribution in [1.29, 1.82) is 0 Å². The summed E-state index contributed by atoms with van der Waals surface area (Å²) >= 11 is 0. The number of rotatable bonds is 16. The molecule has 0 saturated heterocycles. The number of primary amides is 1. The number of carbonyl (C=O) groups excluding carboxylic acids is 4. The van der Waals surface area contributed by atoms with Gasteiger partial charge in [0.05, 0.1) is 13.0 Å². The minimum absolute atomic E-state index is 0.0717. The molecule has 8 N–H and O–H groups in total. The summed E-state index contributed by atoms with van der Waals surface area (Å²) in [5.74, 6) is -2.32. The van der Waals surface area contributed by atoms with Crippen molar-refractivity contribution in [2.45, 2.75) is 63.8 Å². The standard InChI is InChI=1S/C23H28N4O4.C8H15NO3/c24-12-6-5-11-20(22(29)26-13-21(25)28)27-23(30)31-14-19-17-9-3-1-7-15(17)16-8-2-4-10-18(16)19;1-2-3-6-9-7(10)4-5-8(11)12/h1-4,7-10,19-20H,5-6,11-14,24H2,(H2,25,28)(H,26,29)(H,27,30);2-6H2,1H3,(H,9,10)(H,11,12). The third-order valence-corrected chi connectivity index (χ3v) is 6.75. The molecule has 0 spiro atoms. The van der Waals surface area contributed by atoms with Crippen molar-refractivity contribution in [2.75, 3.05) is 26.2 Å². The topological polar surface area (TPSA) is 203 Å². The van der Waals surface area contributed by atoms with Gasteiger partial charge in [-0.2, -0.15) is 0 Å². The maximum Gasteiger partial charge on any atom is 0.407 e. The Hall–Kier alpha value is -4.45. The molecule has 2 aromatic carbocycles. The van der Waals surface area contributed by atoms with Crippen LogP contribution in [-0.4, -0.2) is 67.2 Å². The normalized spacial score (nSPS) is 12.0. The van der Waals surface area contributed by atoms with Crippen molar-refractivity contribution in [3.8, 4) is 11.1 Å². The first kappa shape index (κ1) is 34.7. The van der Waals surface area contributed by atoms with Crippen LogP contribution >= 0.6 is 0 Å². The number of hydrogen-bond donors (Lipinski definition) is 6. The second-order valence-corrected chi connectivity index (χ2v) is 10.1. The summed E-state index contributed by atoms with van der Waals surface area (Å²) in [6.07, 6.45) is 3.02. The molecule has 2 aromatic rings. The fraction of sp³-hybridized carbons (Fsp3) is 0.452. The van der Waals surface area contributed by atoms with Gasteiger partial charge >= 0.3 is 12.1 Å². The number of benzene rings is 2. The fourth-order valence-corrected chi connectivity index (χ4v) is 4.55. The Morgan fingerprint density at radius 3 is 2.09 bits per heavy atom. The number of amides is 4. The van der Waals surface area contributed by atoms with Crippen molar-refractivity contribution in [3.05, 3.63) is 59.7 Å². The van der Waals surface area contributed by atoms with Crippen LogP contribution < -0.4 is 27.4 Å². The monoisotopic (exact) mass is 597 g/mol. The summed E-state index contributed by atoms with van der Waals surface area (Å²) in [6, 6.07) is 15.3. The Morgan fingerprint density at radius 1 is 0.907 bits per heavy atom. The molecule has 0 saturated carbocycles. The molecule has 3 rings (SSSR count). The van der Waals surface area contributed by atoms with Gasteiger partial charge in [-0.05, 0) is 54.5 Å². The Bertz CT molecular complexity index is 1190. The molecule has 1 aliphatic rings. The molecule has 0 fully saturated rings. The zero-order valence-electron chi connectivity index (χ0n) is 24.6. The summed E-state index contributed by atoms with van der Waals surface area (Å²) in [7, 11) is 0. The van der Waals surface area contributed by atoms with E-state index in [1.54, 1.807) is 0 Å². The molecule has 12 nitrogen and oxygen atoms in total. The van der Waals surface area contributed by atoms with Crippen molar-refractivity contribution in [2.24, 2.45) is 11.5 Å². The van der Waals surface area contributed by atoms with Crippen LogP contribution in [0.15, 0.2) is 48.5 Å². The summed E-state index contributed by atoms with van der Waals surface area (Å²) in [5.41, 5.74) is 15.1. The van der Waals surface area contributed by atoms with E-state index in [2.05, 4.69) is 28.1 Å². The Labute approximate surface area is 251 Å². The smallest absolute Gasteiger partial charge is 0.407 e. The predicted octanol–water partition coefficient (Wildman–Crippen LogP) is 2.39. The molecule has 12 heteroatoms. The lowest BCUT2D eigenvalue weighted by Gasteiger charge is -2.19. The van der Waals surface area contributed by atoms with Gasteiger partial charge in [-0.1, -0.05) is 61.9 Å². The number of carboxylic acids is 1. The molecular formula is C31H43N5O7. The number of nitrogens with two attached hydrogens (primary N) is 2. The number of ether oxygens (including phenoxy) is 1. The van der Waals surface area contributed by atoms with Crippen molar-refractivity contribution < 1.29 is 33.8 Å². The number of fused-ring (bicyclic) bond motifs is 3. The van der Waals surface area contributed by atoms with Crippen LogP contribution in [0, 0.1) is 0 Å². The molecule has 1 atom stereocenters. The minimum atomic E-state index is -0.930. The van der Waals surface area contributed by atoms with E-state index in [-0.39, 0.29) is 37.8 Å². The van der Waals surface area contributed by atoms with Crippen molar-refractivity contribution >= 4 is 29.8 Å². The van der Waals surface area contributed by atoms with Crippen molar-refractivity contribution in [3.63, 3.8) is 0 Å². The number of nitrogens with one attached hydrogen (secondary N) is 3. The van der Waals surface area contributed by atoms with Crippen LogP contribution in [0.4, 0.5) is 4.79 Å². The first-order valence-corrected chi connectivity index (χ1v) is 14.5. The molecule has 43 heavy (non-hydrogen) atoms. The van der Waals surface area contributed by atoms with Gasteiger partial charge in [0.15, 0.2) is 0 Å². The van der Waals surface area contributed by atoms with Crippen LogP contribution in [0.1, 0.15) is 68.9 Å². The number of aliphatic carboxylic acids is 1. The number of hydrogen-bond acceptors (Lipinski definition) is 7. The van der Waals surface area contributed by atoms with Gasteiger partial charge in [-0.15, -0.1) is 0 Å². The zero-order valence-corrected chi connectivity index (χ0v) is 24.6. The first-order chi connectivity index (χ1) is 20.7. The highest BCUT2D eigenvalue weighted by molar-refractivity contribution is 5.89. The average molecular weight is 598 g/mol. The molecule has 0 bridgehead atoms. The molecule has 0 heterocycles. The van der Waals surface area contributed by atoms with Crippen LogP contribution in [0.5, 0.6) is 0 Å². The van der Waals surface area contributed by atoms with Gasteiger partial charge in [-0.3, -0.25) is 19.2 Å². The molecule has 0 radical (unpaired) electrons. The highest BCUT2D eigenvalue weighted by atomic mass is 16.5. The molecule has 1 aliphatic carbocycles. The van der Waals surface area contributed by atoms with Gasteiger partial charge in [0.25, 0.3) is 0 Å². The second kappa shape index (κ2) is 18.9. The highest BCUT2D eigenvalue weighted by Crippen LogP contribution is 2.44. The van der Waals surface area contributed by atoms with E-state index in [0.29, 0.717) is 32.4 Å². The lowest BCUT2D eigenvalue weighted by Crippen LogP contribution is -2.48. The van der Waals surface area contributed by atoms with Gasteiger partial charge in [0.1, 0.15) is 12.6 Å². The molecule has 4 amide bonds. The summed E-state index contributed by atoms with van der Waals surface area (Å²) in [4.78, 5) is 56.7. The zero-order chi connectivity index (χ0) is 31.6. The van der Waals surface area contributed by atoms with E-state index in [1.165, 1.54) is 0 Å². The third-order valence-electron chi connectivity index (χ3n) is 6.75. The van der Waals surface area contributed by atoms with Gasteiger partial charge in [-0.25, -0.2) is 4.79 Å². The molecule has 234 valence electrons. The third kappa shape index (κ3) is 12.1. The number of alkyl carbamates (subject to hydrolysis) is 1. The number of carboxylic acid groups (broad SMARTS) is 1. The van der Waals surface area contributed by atoms with Crippen LogP contribution in [0.25, 0.3) is 11.1 Å². The van der Waals surface area contributed by atoms with Gasteiger partial charge < -0.3 is 37.3 Å². The lowest BCUT2D eigenvalue weighted by atomic mass is 9.98. The summed E-state index contributed by atoms with van der Waals surface area (Å²) in [5, 5.41) is 15.9. The maximum atomic E-state index is 12.5. The van der Waals surface area contributed by atoms with Gasteiger partial charge in [0.2, 0.25) is 17.7 Å². The first-order valence-electron chi connectivity index (χ1n) is 14.5. The Balaban J connectivity index is 0.000000455. The van der Waals surface area contributed by atoms with Crippen LogP contribution in [0.3, 0.4) is 0 Å². The van der Waals surface area contributed by atoms with E-state index in [4.69, 9.17) is 21.3 Å². The van der Waals surface area contributed by atoms with E-state index in [0.717, 1.165) is 35.1 Å². The molecule has 0 aromatic heterocycles. The minimum Gasteiger partial charge on any atom is -0.481 e. The molecular weight excluding hydrogens is 554 g/mol. The number of carbonyl (C=O) groups is 5. The summed E-state index contributed by atoms with van der Waals surface area (Å²) < 4.78 is 5.51. The number of unbranched alkanes of at least 4 members (excludes halogenated alkanes) is 2. The van der Waals surface area contributed by atoms with E-state index < -0.39 is 29.9 Å². The van der Waals surface area contributed by atoms with E-state index >= 15 is 0 Å². The van der Waals surface area contributed by atoms with Crippen molar-refractivity contribution in [1.82, 2.24) is 16.0 Å². The van der Waals surface area contributed by atoms with Crippen LogP contribution in [0.2, 0.25) is 0 Å². The average Bonchev–Trinajstić information content (AvgIpc) is 3.31. The fourth-order valence-electron chi connectivity index (χ4n) is 4.55. The molecule has 0 aliphatic heterocycles. The largest absolute Gasteiger partial charge is 0.481 e. The summed E-state index contributed by atoms with van der Waals surface area (Å²) in [6.45, 7) is 3.02. The SMILES string of the molecule is CCCCNC(=O)CCC(=O)O.NCCCCC(NC(=O)OCC1c2ccccc2-c2ccccc21)C(=O)NCC(N)=O. The second-order valence-electron chi connectivity index (χ2n) is 10.1. The highest BCUT2D eigenvalue weighted by Gasteiger charge is 2.29. The van der Waals surface area contributed by atoms with Crippen LogP contribution in [-0.2, 0) is 23.9 Å². The maximum absolute atomic E-state index is 12.5.